The maximum atomic E-state index is 13.5. The van der Waals surface area contributed by atoms with Crippen LogP contribution in [0.25, 0.3) is 0 Å². The lowest BCUT2D eigenvalue weighted by Gasteiger charge is -2.26. The van der Waals surface area contributed by atoms with Gasteiger partial charge in [0.05, 0.1) is 5.75 Å². The molecule has 22 heavy (non-hydrogen) atoms. The molecule has 0 saturated heterocycles. The lowest BCUT2D eigenvalue weighted by atomic mass is 10.1. The number of hydrogen-bond acceptors (Lipinski definition) is 3. The number of rotatable bonds is 4. The van der Waals surface area contributed by atoms with Crippen LogP contribution in [0.15, 0.2) is 35.7 Å². The minimum atomic E-state index is -1.39. The van der Waals surface area contributed by atoms with Gasteiger partial charge in [0.15, 0.2) is 0 Å². The van der Waals surface area contributed by atoms with E-state index in [-0.39, 0.29) is 23.2 Å². The van der Waals surface area contributed by atoms with Crippen molar-refractivity contribution in [1.82, 2.24) is 4.90 Å². The average molecular weight is 337 g/mol. The predicted molar refractivity (Wildman–Crippen MR) is 86.6 cm³/mol. The summed E-state index contributed by atoms with van der Waals surface area (Å²) >= 11 is 1.72. The van der Waals surface area contributed by atoms with Gasteiger partial charge in [0.2, 0.25) is 5.91 Å². The molecule has 3 rings (SSSR count). The van der Waals surface area contributed by atoms with Crippen LogP contribution < -0.4 is 0 Å². The molecule has 1 aliphatic heterocycles. The van der Waals surface area contributed by atoms with Crippen LogP contribution in [-0.4, -0.2) is 27.3 Å². The molecule has 2 aromatic rings. The summed E-state index contributed by atoms with van der Waals surface area (Å²) in [4.78, 5) is 15.3. The Labute approximate surface area is 135 Å². The summed E-state index contributed by atoms with van der Waals surface area (Å²) in [7, 11) is -1.39. The zero-order chi connectivity index (χ0) is 15.5. The van der Waals surface area contributed by atoms with Gasteiger partial charge >= 0.3 is 0 Å². The van der Waals surface area contributed by atoms with Crippen LogP contribution in [0.3, 0.4) is 0 Å². The number of thiophene rings is 1. The molecule has 2 heterocycles. The topological polar surface area (TPSA) is 37.4 Å². The quantitative estimate of drug-likeness (QED) is 0.860. The molecule has 0 bridgehead atoms. The number of carbonyl (C=O) groups excluding carboxylic acids is 1. The Balaban J connectivity index is 1.58. The first-order valence-electron chi connectivity index (χ1n) is 7.05. The highest BCUT2D eigenvalue weighted by atomic mass is 32.2. The van der Waals surface area contributed by atoms with Gasteiger partial charge in [-0.25, -0.2) is 4.39 Å². The number of nitrogens with zero attached hydrogens (tertiary/aromatic N) is 1. The van der Waals surface area contributed by atoms with Crippen molar-refractivity contribution in [1.29, 1.82) is 0 Å². The van der Waals surface area contributed by atoms with Gasteiger partial charge < -0.3 is 4.90 Å². The summed E-state index contributed by atoms with van der Waals surface area (Å²) in [5, 5.41) is 2.04. The molecule has 1 atom stereocenters. The number of halogens is 1. The highest BCUT2D eigenvalue weighted by molar-refractivity contribution is 7.84. The average Bonchev–Trinajstić information content (AvgIpc) is 2.97. The molecule has 0 fully saturated rings. The van der Waals surface area contributed by atoms with Crippen LogP contribution in [0, 0.1) is 5.82 Å². The molecular formula is C16H16FNO2S2. The third kappa shape index (κ3) is 3.44. The summed E-state index contributed by atoms with van der Waals surface area (Å²) in [5.41, 5.74) is 1.58. The molecule has 116 valence electrons. The van der Waals surface area contributed by atoms with Gasteiger partial charge in [0, 0.05) is 34.3 Å². The third-order valence-electron chi connectivity index (χ3n) is 3.72. The van der Waals surface area contributed by atoms with Crippen LogP contribution in [0.4, 0.5) is 4.39 Å². The molecule has 0 radical (unpaired) electrons. The van der Waals surface area contributed by atoms with E-state index >= 15 is 0 Å². The molecule has 0 unspecified atom stereocenters. The number of hydrogen-bond donors (Lipinski definition) is 0. The molecule has 6 heteroatoms. The Hall–Kier alpha value is -1.53. The highest BCUT2D eigenvalue weighted by Crippen LogP contribution is 2.24. The van der Waals surface area contributed by atoms with E-state index in [0.29, 0.717) is 18.7 Å². The zero-order valence-electron chi connectivity index (χ0n) is 12.0. The molecule has 1 aromatic heterocycles. The van der Waals surface area contributed by atoms with Gasteiger partial charge in [-0.15, -0.1) is 11.3 Å². The molecule has 1 aromatic carbocycles. The van der Waals surface area contributed by atoms with Crippen molar-refractivity contribution in [3.8, 4) is 0 Å². The summed E-state index contributed by atoms with van der Waals surface area (Å²) in [6.07, 6.45) is 0.860. The van der Waals surface area contributed by atoms with Crippen LogP contribution in [0.1, 0.15) is 16.0 Å². The van der Waals surface area contributed by atoms with E-state index in [1.807, 2.05) is 11.4 Å². The molecule has 0 spiro atoms. The van der Waals surface area contributed by atoms with Gasteiger partial charge in [-0.3, -0.25) is 9.00 Å². The lowest BCUT2D eigenvalue weighted by Crippen LogP contribution is -2.38. The molecule has 0 N–H and O–H groups in total. The standard InChI is InChI=1S/C16H16FNO2S2/c17-14-4-2-1-3-13(14)10-22(20)11-16(19)18-7-5-15-12(9-18)6-8-21-15/h1-4,6,8H,5,7,9-11H2/t22-/m0/s1. The second-order valence-corrected chi connectivity index (χ2v) is 7.71. The Bertz CT molecular complexity index is 714. The summed E-state index contributed by atoms with van der Waals surface area (Å²) < 4.78 is 25.7. The van der Waals surface area contributed by atoms with E-state index in [0.717, 1.165) is 6.42 Å². The van der Waals surface area contributed by atoms with Crippen LogP contribution in [0.5, 0.6) is 0 Å². The largest absolute Gasteiger partial charge is 0.337 e. The smallest absolute Gasteiger partial charge is 0.235 e. The van der Waals surface area contributed by atoms with Crippen LogP contribution in [0.2, 0.25) is 0 Å². The van der Waals surface area contributed by atoms with E-state index in [2.05, 4.69) is 0 Å². The molecule has 0 saturated carbocycles. The van der Waals surface area contributed by atoms with Crippen molar-refractivity contribution in [3.63, 3.8) is 0 Å². The number of benzene rings is 1. The van der Waals surface area contributed by atoms with Crippen molar-refractivity contribution in [2.75, 3.05) is 12.3 Å². The fourth-order valence-corrected chi connectivity index (χ4v) is 4.56. The van der Waals surface area contributed by atoms with Gasteiger partial charge in [-0.1, -0.05) is 18.2 Å². The number of amides is 1. The Morgan fingerprint density at radius 1 is 1.32 bits per heavy atom. The van der Waals surface area contributed by atoms with Gasteiger partial charge in [-0.05, 0) is 29.5 Å². The molecule has 3 nitrogen and oxygen atoms in total. The maximum Gasteiger partial charge on any atom is 0.235 e. The first-order chi connectivity index (χ1) is 10.6. The van der Waals surface area contributed by atoms with Gasteiger partial charge in [0.25, 0.3) is 0 Å². The Morgan fingerprint density at radius 2 is 2.14 bits per heavy atom. The first-order valence-corrected chi connectivity index (χ1v) is 9.41. The second-order valence-electron chi connectivity index (χ2n) is 5.25. The monoisotopic (exact) mass is 337 g/mol. The van der Waals surface area contributed by atoms with Crippen molar-refractivity contribution in [2.45, 2.75) is 18.7 Å². The SMILES string of the molecule is O=C(C[S@@](=O)Cc1ccccc1F)N1CCc2sccc2C1. The Morgan fingerprint density at radius 3 is 2.95 bits per heavy atom. The highest BCUT2D eigenvalue weighted by Gasteiger charge is 2.22. The fraction of sp³-hybridized carbons (Fsp3) is 0.312. The van der Waals surface area contributed by atoms with Gasteiger partial charge in [-0.2, -0.15) is 0 Å². The van der Waals surface area contributed by atoms with Crippen LogP contribution in [-0.2, 0) is 34.3 Å². The normalized spacial score (nSPS) is 15.4. The molecule has 0 aliphatic carbocycles. The number of fused-ring (bicyclic) bond motifs is 1. The van der Waals surface area contributed by atoms with E-state index in [9.17, 15) is 13.4 Å². The third-order valence-corrected chi connectivity index (χ3v) is 5.94. The van der Waals surface area contributed by atoms with Crippen LogP contribution >= 0.6 is 11.3 Å². The minimum absolute atomic E-state index is 0.0478. The fourth-order valence-electron chi connectivity index (χ4n) is 2.53. The predicted octanol–water partition coefficient (Wildman–Crippen LogP) is 2.72. The first kappa shape index (κ1) is 15.4. The summed E-state index contributed by atoms with van der Waals surface area (Å²) in [6, 6.07) is 8.29. The van der Waals surface area contributed by atoms with Crippen molar-refractivity contribution < 1.29 is 13.4 Å². The minimum Gasteiger partial charge on any atom is -0.337 e. The van der Waals surface area contributed by atoms with Crippen molar-refractivity contribution >= 4 is 28.0 Å². The summed E-state index contributed by atoms with van der Waals surface area (Å²) in [5.74, 6) is -0.459. The molecule has 1 aliphatic rings. The van der Waals surface area contributed by atoms with Crippen molar-refractivity contribution in [3.05, 3.63) is 57.5 Å². The van der Waals surface area contributed by atoms with E-state index < -0.39 is 10.8 Å². The number of carbonyl (C=O) groups is 1. The van der Waals surface area contributed by atoms with Crippen molar-refractivity contribution in [2.24, 2.45) is 0 Å². The molecule has 1 amide bonds. The van der Waals surface area contributed by atoms with E-state index in [1.54, 1.807) is 34.4 Å². The Kier molecular flexibility index (Phi) is 4.69. The lowest BCUT2D eigenvalue weighted by molar-refractivity contribution is -0.129. The second kappa shape index (κ2) is 6.71. The molecular weight excluding hydrogens is 321 g/mol. The zero-order valence-corrected chi connectivity index (χ0v) is 13.6. The van der Waals surface area contributed by atoms with E-state index in [4.69, 9.17) is 0 Å². The maximum absolute atomic E-state index is 13.5. The van der Waals surface area contributed by atoms with E-state index in [1.165, 1.54) is 16.5 Å². The van der Waals surface area contributed by atoms with Gasteiger partial charge in [0.1, 0.15) is 11.6 Å². The summed E-state index contributed by atoms with van der Waals surface area (Å²) in [6.45, 7) is 1.26.